The summed E-state index contributed by atoms with van der Waals surface area (Å²) in [4.78, 5) is 23.4. The molecule has 27 heavy (non-hydrogen) atoms. The van der Waals surface area contributed by atoms with Crippen molar-refractivity contribution in [2.45, 2.75) is 56.4 Å². The minimum Gasteiger partial charge on any atom is -0.480 e. The number of rotatable bonds is 7. The molecule has 0 aromatic heterocycles. The molecule has 0 radical (unpaired) electrons. The monoisotopic (exact) mass is 385 g/mol. The van der Waals surface area contributed by atoms with E-state index in [0.717, 1.165) is 5.56 Å². The van der Waals surface area contributed by atoms with Crippen LogP contribution >= 0.6 is 0 Å². The van der Waals surface area contributed by atoms with Crippen molar-refractivity contribution in [3.05, 3.63) is 35.9 Å². The van der Waals surface area contributed by atoms with Crippen molar-refractivity contribution in [2.24, 2.45) is 0 Å². The van der Waals surface area contributed by atoms with E-state index in [0.29, 0.717) is 0 Å². The molecule has 7 atom stereocenters. The summed E-state index contributed by atoms with van der Waals surface area (Å²) in [7, 11) is 0. The van der Waals surface area contributed by atoms with Gasteiger partial charge in [0, 0.05) is 0 Å². The van der Waals surface area contributed by atoms with Crippen LogP contribution in [-0.2, 0) is 25.7 Å². The normalized spacial score (nSPS) is 30.3. The Morgan fingerprint density at radius 2 is 1.78 bits per heavy atom. The van der Waals surface area contributed by atoms with Crippen LogP contribution in [0.3, 0.4) is 0 Å². The van der Waals surface area contributed by atoms with Gasteiger partial charge in [-0.3, -0.25) is 4.79 Å². The fourth-order valence-electron chi connectivity index (χ4n) is 2.58. The van der Waals surface area contributed by atoms with Crippen LogP contribution in [0, 0.1) is 0 Å². The van der Waals surface area contributed by atoms with Crippen molar-refractivity contribution >= 4 is 11.9 Å². The summed E-state index contributed by atoms with van der Waals surface area (Å²) >= 11 is 0. The van der Waals surface area contributed by atoms with Crippen LogP contribution in [-0.4, -0.2) is 80.3 Å². The molecule has 1 aliphatic heterocycles. The predicted octanol–water partition coefficient (Wildman–Crippen LogP) is -2.04. The number of hydrogen-bond donors (Lipinski definition) is 6. The quantitative estimate of drug-likeness (QED) is 0.310. The summed E-state index contributed by atoms with van der Waals surface area (Å²) in [6, 6.07) is 7.22. The standard InChI is InChI=1S/C17H23NO9/c1-8(19)10(16(24)25)18-15(23)14-12(21)11(20)13(22)17(27-14)26-7-9-5-3-2-4-6-9/h2-6,8,10-14,17,19-22H,7H2,1H3,(H,18,23)(H,24,25)/t8-,10+,11+,12-,13-,14+,17-/m1/s1. The molecule has 1 saturated heterocycles. The number of benzene rings is 1. The van der Waals surface area contributed by atoms with Gasteiger partial charge in [-0.05, 0) is 12.5 Å². The first kappa shape index (κ1) is 21.2. The molecular formula is C17H23NO9. The third-order valence-electron chi connectivity index (χ3n) is 4.13. The van der Waals surface area contributed by atoms with Crippen molar-refractivity contribution in [2.75, 3.05) is 0 Å². The molecule has 6 N–H and O–H groups in total. The second-order valence-electron chi connectivity index (χ2n) is 6.26. The topological polar surface area (TPSA) is 166 Å². The van der Waals surface area contributed by atoms with E-state index in [9.17, 15) is 30.0 Å². The van der Waals surface area contributed by atoms with Gasteiger partial charge in [-0.2, -0.15) is 0 Å². The number of nitrogens with one attached hydrogen (secondary N) is 1. The maximum atomic E-state index is 12.3. The summed E-state index contributed by atoms with van der Waals surface area (Å²) in [6.07, 6.45) is -9.75. The number of aliphatic carboxylic acids is 1. The van der Waals surface area contributed by atoms with E-state index in [1.807, 2.05) is 5.32 Å². The molecule has 1 heterocycles. The van der Waals surface area contributed by atoms with Crippen LogP contribution in [0.25, 0.3) is 0 Å². The maximum absolute atomic E-state index is 12.3. The SMILES string of the molecule is C[C@@H](O)[C@H](NC(=O)[C@H]1O[C@@H](OCc2ccccc2)[C@H](O)[C@@H](O)[C@H]1O)C(=O)O. The summed E-state index contributed by atoms with van der Waals surface area (Å²) in [5, 5.41) is 50.5. The Morgan fingerprint density at radius 1 is 1.15 bits per heavy atom. The van der Waals surface area contributed by atoms with Gasteiger partial charge < -0.3 is 40.3 Å². The number of aliphatic hydroxyl groups is 4. The van der Waals surface area contributed by atoms with Gasteiger partial charge in [-0.25, -0.2) is 4.79 Å². The molecule has 0 aliphatic carbocycles. The summed E-state index contributed by atoms with van der Waals surface area (Å²) < 4.78 is 10.6. The van der Waals surface area contributed by atoms with Gasteiger partial charge in [-0.1, -0.05) is 30.3 Å². The van der Waals surface area contributed by atoms with Crippen molar-refractivity contribution in [1.29, 1.82) is 0 Å². The van der Waals surface area contributed by atoms with Gasteiger partial charge in [-0.15, -0.1) is 0 Å². The third-order valence-corrected chi connectivity index (χ3v) is 4.13. The lowest BCUT2D eigenvalue weighted by Crippen LogP contribution is -2.63. The molecule has 1 fully saturated rings. The summed E-state index contributed by atoms with van der Waals surface area (Å²) in [5.41, 5.74) is 0.745. The van der Waals surface area contributed by atoms with Crippen LogP contribution in [0.5, 0.6) is 0 Å². The Morgan fingerprint density at radius 3 is 2.33 bits per heavy atom. The van der Waals surface area contributed by atoms with Gasteiger partial charge in [0.25, 0.3) is 5.91 Å². The predicted molar refractivity (Wildman–Crippen MR) is 89.2 cm³/mol. The average molecular weight is 385 g/mol. The van der Waals surface area contributed by atoms with E-state index < -0.39 is 54.7 Å². The van der Waals surface area contributed by atoms with E-state index in [1.165, 1.54) is 6.92 Å². The molecule has 0 unspecified atom stereocenters. The molecule has 0 saturated carbocycles. The van der Waals surface area contributed by atoms with Gasteiger partial charge in [0.15, 0.2) is 18.4 Å². The number of carbonyl (C=O) groups is 2. The molecule has 1 aromatic rings. The largest absolute Gasteiger partial charge is 0.480 e. The third kappa shape index (κ3) is 5.22. The molecule has 10 nitrogen and oxygen atoms in total. The van der Waals surface area contributed by atoms with Crippen molar-refractivity contribution in [3.8, 4) is 0 Å². The lowest BCUT2D eigenvalue weighted by molar-refractivity contribution is -0.294. The minimum atomic E-state index is -1.82. The molecule has 2 rings (SSSR count). The fourth-order valence-corrected chi connectivity index (χ4v) is 2.58. The molecule has 1 amide bonds. The lowest BCUT2D eigenvalue weighted by atomic mass is 9.98. The highest BCUT2D eigenvalue weighted by Gasteiger charge is 2.48. The molecule has 1 aliphatic rings. The fraction of sp³-hybridized carbons (Fsp3) is 0.529. The van der Waals surface area contributed by atoms with Gasteiger partial charge in [0.05, 0.1) is 12.7 Å². The van der Waals surface area contributed by atoms with Crippen LogP contribution in [0.2, 0.25) is 0 Å². The number of aliphatic hydroxyl groups excluding tert-OH is 4. The number of hydrogen-bond acceptors (Lipinski definition) is 8. The van der Waals surface area contributed by atoms with Crippen LogP contribution in [0.1, 0.15) is 12.5 Å². The molecule has 0 spiro atoms. The zero-order valence-corrected chi connectivity index (χ0v) is 14.5. The van der Waals surface area contributed by atoms with E-state index >= 15 is 0 Å². The zero-order valence-electron chi connectivity index (χ0n) is 14.5. The van der Waals surface area contributed by atoms with Gasteiger partial charge >= 0.3 is 5.97 Å². The Hall–Kier alpha value is -2.08. The van der Waals surface area contributed by atoms with E-state index in [2.05, 4.69) is 0 Å². The Balaban J connectivity index is 2.06. The smallest absolute Gasteiger partial charge is 0.328 e. The highest BCUT2D eigenvalue weighted by atomic mass is 16.7. The maximum Gasteiger partial charge on any atom is 0.328 e. The number of amides is 1. The highest BCUT2D eigenvalue weighted by molar-refractivity contribution is 5.87. The first-order valence-electron chi connectivity index (χ1n) is 8.28. The van der Waals surface area contributed by atoms with Gasteiger partial charge in [0.2, 0.25) is 0 Å². The summed E-state index contributed by atoms with van der Waals surface area (Å²) in [6.45, 7) is 1.17. The van der Waals surface area contributed by atoms with E-state index in [4.69, 9.17) is 14.6 Å². The van der Waals surface area contributed by atoms with E-state index in [-0.39, 0.29) is 6.61 Å². The second-order valence-corrected chi connectivity index (χ2v) is 6.26. The van der Waals surface area contributed by atoms with Crippen LogP contribution < -0.4 is 5.32 Å². The molecular weight excluding hydrogens is 362 g/mol. The minimum absolute atomic E-state index is 0.00511. The Kier molecular flexibility index (Phi) is 7.25. The molecule has 0 bridgehead atoms. The number of carboxylic acid groups (broad SMARTS) is 1. The Labute approximate surface area is 155 Å². The zero-order chi connectivity index (χ0) is 20.1. The second kappa shape index (κ2) is 9.22. The van der Waals surface area contributed by atoms with Crippen LogP contribution in [0.4, 0.5) is 0 Å². The van der Waals surface area contributed by atoms with Crippen molar-refractivity contribution in [1.82, 2.24) is 5.32 Å². The van der Waals surface area contributed by atoms with Crippen LogP contribution in [0.15, 0.2) is 30.3 Å². The number of carbonyl (C=O) groups excluding carboxylic acids is 1. The molecule has 1 aromatic carbocycles. The van der Waals surface area contributed by atoms with Crippen molar-refractivity contribution < 1.29 is 44.6 Å². The lowest BCUT2D eigenvalue weighted by Gasteiger charge is -2.39. The van der Waals surface area contributed by atoms with E-state index in [1.54, 1.807) is 30.3 Å². The number of ether oxygens (including phenoxy) is 2. The molecule has 10 heteroatoms. The summed E-state index contributed by atoms with van der Waals surface area (Å²) in [5.74, 6) is -2.56. The molecule has 150 valence electrons. The average Bonchev–Trinajstić information content (AvgIpc) is 2.63. The highest BCUT2D eigenvalue weighted by Crippen LogP contribution is 2.23. The van der Waals surface area contributed by atoms with Gasteiger partial charge in [0.1, 0.15) is 18.3 Å². The first-order chi connectivity index (χ1) is 12.7. The first-order valence-corrected chi connectivity index (χ1v) is 8.28. The Bertz CT molecular complexity index is 639. The van der Waals surface area contributed by atoms with Crippen molar-refractivity contribution in [3.63, 3.8) is 0 Å². The number of carboxylic acids is 1.